The molecule has 0 aliphatic carbocycles. The van der Waals surface area contributed by atoms with Crippen molar-refractivity contribution in [1.29, 1.82) is 0 Å². The molecule has 0 saturated heterocycles. The van der Waals surface area contributed by atoms with E-state index in [0.717, 1.165) is 18.7 Å². The third-order valence-corrected chi connectivity index (χ3v) is 1.93. The van der Waals surface area contributed by atoms with E-state index in [1.165, 1.54) is 0 Å². The van der Waals surface area contributed by atoms with E-state index in [-0.39, 0.29) is 5.91 Å². The molecule has 0 spiro atoms. The largest absolute Gasteiger partial charge is 0.359 e. The van der Waals surface area contributed by atoms with Gasteiger partial charge in [0, 0.05) is 44.9 Å². The minimum Gasteiger partial charge on any atom is -0.359 e. The molecule has 3 N–H and O–H groups in total. The van der Waals surface area contributed by atoms with Crippen molar-refractivity contribution in [3.8, 4) is 0 Å². The highest BCUT2D eigenvalue weighted by molar-refractivity contribution is 5.75. The summed E-state index contributed by atoms with van der Waals surface area (Å²) in [6, 6.07) is 0. The van der Waals surface area contributed by atoms with E-state index in [1.54, 1.807) is 19.6 Å². The fourth-order valence-corrected chi connectivity index (χ4v) is 1.10. The van der Waals surface area contributed by atoms with Gasteiger partial charge >= 0.3 is 0 Å². The Morgan fingerprint density at radius 2 is 2.43 bits per heavy atom. The molecule has 0 saturated carbocycles. The normalized spacial score (nSPS) is 10.1. The van der Waals surface area contributed by atoms with Gasteiger partial charge in [-0.05, 0) is 0 Å². The molecule has 1 amide bonds. The lowest BCUT2D eigenvalue weighted by molar-refractivity contribution is -0.120. The van der Waals surface area contributed by atoms with E-state index < -0.39 is 0 Å². The van der Waals surface area contributed by atoms with Crippen LogP contribution in [0.4, 0.5) is 0 Å². The summed E-state index contributed by atoms with van der Waals surface area (Å²) in [4.78, 5) is 17.8. The Morgan fingerprint density at radius 1 is 1.57 bits per heavy atom. The van der Waals surface area contributed by atoms with Crippen LogP contribution in [0.3, 0.4) is 0 Å². The number of aromatic amines is 1. The van der Waals surface area contributed by atoms with Crippen LogP contribution in [0, 0.1) is 0 Å². The van der Waals surface area contributed by atoms with Gasteiger partial charge in [-0.1, -0.05) is 0 Å². The van der Waals surface area contributed by atoms with Crippen molar-refractivity contribution in [2.75, 3.05) is 20.1 Å². The van der Waals surface area contributed by atoms with E-state index in [4.69, 9.17) is 0 Å². The number of nitrogens with zero attached hydrogens (tertiary/aromatic N) is 1. The molecule has 1 heterocycles. The summed E-state index contributed by atoms with van der Waals surface area (Å²) in [6.07, 6.45) is 4.91. The smallest absolute Gasteiger partial charge is 0.221 e. The number of H-pyrrole nitrogens is 1. The summed E-state index contributed by atoms with van der Waals surface area (Å²) in [5.74, 6) is 0.0686. The van der Waals surface area contributed by atoms with E-state index in [9.17, 15) is 4.79 Å². The first-order valence-electron chi connectivity index (χ1n) is 4.71. The third kappa shape index (κ3) is 4.04. The fourth-order valence-electron chi connectivity index (χ4n) is 1.10. The maximum atomic E-state index is 10.8. The Bertz CT molecular complexity index is 258. The topological polar surface area (TPSA) is 69.8 Å². The molecule has 1 rings (SSSR count). The third-order valence-electron chi connectivity index (χ3n) is 1.93. The van der Waals surface area contributed by atoms with E-state index in [1.807, 2.05) is 0 Å². The maximum Gasteiger partial charge on any atom is 0.221 e. The van der Waals surface area contributed by atoms with E-state index >= 15 is 0 Å². The highest BCUT2D eigenvalue weighted by Crippen LogP contribution is 1.90. The summed E-state index contributed by atoms with van der Waals surface area (Å²) in [5.41, 5.74) is 1.11. The van der Waals surface area contributed by atoms with Gasteiger partial charge in [-0.2, -0.15) is 0 Å². The van der Waals surface area contributed by atoms with Gasteiger partial charge in [0.05, 0.1) is 6.33 Å². The lowest BCUT2D eigenvalue weighted by Gasteiger charge is -2.02. The average molecular weight is 196 g/mol. The van der Waals surface area contributed by atoms with Crippen LogP contribution in [0.2, 0.25) is 0 Å². The number of aromatic nitrogens is 2. The van der Waals surface area contributed by atoms with Crippen LogP contribution in [0.25, 0.3) is 0 Å². The zero-order valence-electron chi connectivity index (χ0n) is 8.34. The molecule has 0 atom stereocenters. The molecule has 5 heteroatoms. The second kappa shape index (κ2) is 6.15. The number of rotatable bonds is 6. The molecule has 14 heavy (non-hydrogen) atoms. The highest BCUT2D eigenvalue weighted by atomic mass is 16.1. The molecule has 1 aromatic rings. The molecular weight excluding hydrogens is 180 g/mol. The van der Waals surface area contributed by atoms with Crippen molar-refractivity contribution in [1.82, 2.24) is 20.6 Å². The molecule has 0 bridgehead atoms. The highest BCUT2D eigenvalue weighted by Gasteiger charge is 1.97. The van der Waals surface area contributed by atoms with Crippen molar-refractivity contribution in [3.63, 3.8) is 0 Å². The number of hydrogen-bond donors (Lipinski definition) is 3. The minimum absolute atomic E-state index is 0.0686. The van der Waals surface area contributed by atoms with Crippen molar-refractivity contribution in [2.24, 2.45) is 0 Å². The van der Waals surface area contributed by atoms with Crippen LogP contribution in [-0.2, 0) is 11.2 Å². The van der Waals surface area contributed by atoms with Crippen LogP contribution in [0.15, 0.2) is 12.5 Å². The number of carbonyl (C=O) groups excluding carboxylic acids is 1. The Balaban J connectivity index is 1.97. The van der Waals surface area contributed by atoms with Gasteiger partial charge < -0.3 is 15.6 Å². The van der Waals surface area contributed by atoms with Crippen LogP contribution >= 0.6 is 0 Å². The maximum absolute atomic E-state index is 10.8. The van der Waals surface area contributed by atoms with Gasteiger partial charge in [0.1, 0.15) is 0 Å². The molecule has 0 radical (unpaired) electrons. The summed E-state index contributed by atoms with van der Waals surface area (Å²) in [7, 11) is 1.65. The summed E-state index contributed by atoms with van der Waals surface area (Å²) in [6.45, 7) is 1.58. The zero-order valence-corrected chi connectivity index (χ0v) is 8.34. The molecule has 1 aromatic heterocycles. The second-order valence-corrected chi connectivity index (χ2v) is 3.00. The van der Waals surface area contributed by atoms with E-state index in [2.05, 4.69) is 20.6 Å². The van der Waals surface area contributed by atoms with Crippen LogP contribution in [-0.4, -0.2) is 36.0 Å². The van der Waals surface area contributed by atoms with Crippen LogP contribution in [0.1, 0.15) is 12.1 Å². The molecule has 5 nitrogen and oxygen atoms in total. The second-order valence-electron chi connectivity index (χ2n) is 3.00. The molecule has 0 unspecified atom stereocenters. The lowest BCUT2D eigenvalue weighted by atomic mass is 10.3. The molecule has 0 fully saturated rings. The number of nitrogens with one attached hydrogen (secondary N) is 3. The molecule has 0 aliphatic rings. The van der Waals surface area contributed by atoms with Crippen molar-refractivity contribution in [3.05, 3.63) is 18.2 Å². The Kier molecular flexibility index (Phi) is 4.71. The van der Waals surface area contributed by atoms with Gasteiger partial charge in [0.15, 0.2) is 0 Å². The Labute approximate surface area is 83.3 Å². The molecule has 0 aromatic carbocycles. The predicted octanol–water partition coefficient (Wildman–Crippen LogP) is -0.322. The van der Waals surface area contributed by atoms with Gasteiger partial charge in [-0.15, -0.1) is 0 Å². The quantitative estimate of drug-likeness (QED) is 0.546. The number of imidazole rings is 1. The van der Waals surface area contributed by atoms with Gasteiger partial charge in [-0.25, -0.2) is 4.98 Å². The van der Waals surface area contributed by atoms with Crippen molar-refractivity contribution >= 4 is 5.91 Å². The number of hydrogen-bond acceptors (Lipinski definition) is 3. The van der Waals surface area contributed by atoms with Gasteiger partial charge in [0.25, 0.3) is 0 Å². The first-order chi connectivity index (χ1) is 6.83. The minimum atomic E-state index is 0.0686. The Hall–Kier alpha value is -1.36. The standard InChI is InChI=1S/C9H16N4O/c1-10-9(14)3-5-11-4-2-8-6-12-7-13-8/h6-7,11H,2-5H2,1H3,(H,10,14)(H,12,13). The monoisotopic (exact) mass is 196 g/mol. The number of amides is 1. The SMILES string of the molecule is CNC(=O)CCNCCc1cnc[nH]1. The number of carbonyl (C=O) groups is 1. The lowest BCUT2D eigenvalue weighted by Crippen LogP contribution is -2.26. The van der Waals surface area contributed by atoms with Crippen molar-refractivity contribution in [2.45, 2.75) is 12.8 Å². The first kappa shape index (κ1) is 10.7. The van der Waals surface area contributed by atoms with E-state index in [0.29, 0.717) is 13.0 Å². The first-order valence-corrected chi connectivity index (χ1v) is 4.71. The summed E-state index contributed by atoms with van der Waals surface area (Å²) >= 11 is 0. The van der Waals surface area contributed by atoms with Crippen molar-refractivity contribution < 1.29 is 4.79 Å². The fraction of sp³-hybridized carbons (Fsp3) is 0.556. The average Bonchev–Trinajstić information content (AvgIpc) is 2.69. The summed E-state index contributed by atoms with van der Waals surface area (Å²) in [5, 5.41) is 5.75. The molecule has 0 aliphatic heterocycles. The molecular formula is C9H16N4O. The van der Waals surface area contributed by atoms with Gasteiger partial charge in [0.2, 0.25) is 5.91 Å². The van der Waals surface area contributed by atoms with Crippen LogP contribution in [0.5, 0.6) is 0 Å². The molecule has 78 valence electrons. The predicted molar refractivity (Wildman–Crippen MR) is 53.8 cm³/mol. The Morgan fingerprint density at radius 3 is 3.07 bits per heavy atom. The zero-order chi connectivity index (χ0) is 10.2. The summed E-state index contributed by atoms with van der Waals surface area (Å²) < 4.78 is 0. The van der Waals surface area contributed by atoms with Crippen LogP contribution < -0.4 is 10.6 Å². The van der Waals surface area contributed by atoms with Gasteiger partial charge in [-0.3, -0.25) is 4.79 Å².